The number of morpholine rings is 1. The van der Waals surface area contributed by atoms with Crippen molar-refractivity contribution in [2.24, 2.45) is 0 Å². The van der Waals surface area contributed by atoms with Gasteiger partial charge >= 0.3 is 0 Å². The normalized spacial score (nSPS) is 21.6. The van der Waals surface area contributed by atoms with Gasteiger partial charge in [0, 0.05) is 18.9 Å². The van der Waals surface area contributed by atoms with Crippen LogP contribution < -0.4 is 0 Å². The fourth-order valence-corrected chi connectivity index (χ4v) is 2.73. The van der Waals surface area contributed by atoms with Gasteiger partial charge in [0.1, 0.15) is 6.33 Å². The average molecular weight is 297 g/mol. The van der Waals surface area contributed by atoms with Crippen molar-refractivity contribution in [1.82, 2.24) is 14.9 Å². The van der Waals surface area contributed by atoms with Crippen LogP contribution in [0.15, 0.2) is 49.1 Å². The van der Waals surface area contributed by atoms with Crippen molar-refractivity contribution in [3.05, 3.63) is 60.2 Å². The van der Waals surface area contributed by atoms with Gasteiger partial charge in [-0.1, -0.05) is 30.3 Å². The highest BCUT2D eigenvalue weighted by Gasteiger charge is 2.31. The zero-order valence-corrected chi connectivity index (χ0v) is 12.6. The van der Waals surface area contributed by atoms with Crippen LogP contribution in [0.2, 0.25) is 0 Å². The second-order valence-corrected chi connectivity index (χ2v) is 5.54. The lowest BCUT2D eigenvalue weighted by Gasteiger charge is -2.39. The van der Waals surface area contributed by atoms with Gasteiger partial charge in [-0.3, -0.25) is 4.79 Å². The third-order valence-corrected chi connectivity index (χ3v) is 3.84. The van der Waals surface area contributed by atoms with Gasteiger partial charge in [-0.25, -0.2) is 9.97 Å². The van der Waals surface area contributed by atoms with Gasteiger partial charge < -0.3 is 9.64 Å². The van der Waals surface area contributed by atoms with E-state index in [0.29, 0.717) is 19.6 Å². The zero-order valence-electron chi connectivity index (χ0n) is 12.6. The lowest BCUT2D eigenvalue weighted by molar-refractivity contribution is -0.144. The standard InChI is InChI=1S/C17H19N3O2/c1-13-10-20(17(21)7-14-8-18-12-19-9-14)16(11-22-13)15-5-3-2-4-6-15/h2-6,8-9,12-13,16H,7,10-11H2,1H3/t13-,16+/m1/s1. The number of hydrogen-bond acceptors (Lipinski definition) is 4. The van der Waals surface area contributed by atoms with Gasteiger partial charge in [0.2, 0.25) is 5.91 Å². The summed E-state index contributed by atoms with van der Waals surface area (Å²) >= 11 is 0. The molecule has 0 bridgehead atoms. The molecule has 1 fully saturated rings. The predicted octanol–water partition coefficient (Wildman–Crippen LogP) is 2.01. The Bertz CT molecular complexity index is 618. The smallest absolute Gasteiger partial charge is 0.227 e. The predicted molar refractivity (Wildman–Crippen MR) is 82.0 cm³/mol. The fourth-order valence-electron chi connectivity index (χ4n) is 2.73. The molecule has 1 aliphatic heterocycles. The Morgan fingerprint density at radius 1 is 1.27 bits per heavy atom. The van der Waals surface area contributed by atoms with Crippen molar-refractivity contribution in [2.45, 2.75) is 25.5 Å². The molecule has 2 aromatic rings. The summed E-state index contributed by atoms with van der Waals surface area (Å²) in [4.78, 5) is 22.6. The number of carbonyl (C=O) groups is 1. The third kappa shape index (κ3) is 3.31. The number of benzene rings is 1. The first-order valence-corrected chi connectivity index (χ1v) is 7.44. The van der Waals surface area contributed by atoms with E-state index in [9.17, 15) is 4.79 Å². The van der Waals surface area contributed by atoms with E-state index in [1.54, 1.807) is 12.4 Å². The summed E-state index contributed by atoms with van der Waals surface area (Å²) in [6, 6.07) is 9.99. The van der Waals surface area contributed by atoms with E-state index in [1.807, 2.05) is 42.2 Å². The molecule has 0 radical (unpaired) electrons. The quantitative estimate of drug-likeness (QED) is 0.869. The van der Waals surface area contributed by atoms with Crippen LogP contribution in [-0.2, 0) is 16.0 Å². The number of rotatable bonds is 3. The lowest BCUT2D eigenvalue weighted by Crippen LogP contribution is -2.47. The molecule has 5 nitrogen and oxygen atoms in total. The number of carbonyl (C=O) groups excluding carboxylic acids is 1. The maximum absolute atomic E-state index is 12.7. The Labute approximate surface area is 130 Å². The summed E-state index contributed by atoms with van der Waals surface area (Å²) in [6.45, 7) is 3.13. The highest BCUT2D eigenvalue weighted by molar-refractivity contribution is 5.79. The maximum atomic E-state index is 12.7. The summed E-state index contributed by atoms with van der Waals surface area (Å²) in [5.41, 5.74) is 1.94. The minimum Gasteiger partial charge on any atom is -0.374 e. The first kappa shape index (κ1) is 14.7. The first-order chi connectivity index (χ1) is 10.7. The highest BCUT2D eigenvalue weighted by Crippen LogP contribution is 2.26. The number of amides is 1. The molecule has 0 unspecified atom stereocenters. The van der Waals surface area contributed by atoms with E-state index in [2.05, 4.69) is 9.97 Å². The minimum atomic E-state index is -0.0328. The van der Waals surface area contributed by atoms with Gasteiger partial charge in [-0.15, -0.1) is 0 Å². The molecule has 114 valence electrons. The zero-order chi connectivity index (χ0) is 15.4. The number of ether oxygens (including phenoxy) is 1. The molecule has 1 aromatic carbocycles. The van der Waals surface area contributed by atoms with Crippen LogP contribution in [0, 0.1) is 0 Å². The van der Waals surface area contributed by atoms with E-state index in [0.717, 1.165) is 11.1 Å². The van der Waals surface area contributed by atoms with E-state index >= 15 is 0 Å². The molecule has 1 amide bonds. The number of aromatic nitrogens is 2. The Morgan fingerprint density at radius 3 is 2.73 bits per heavy atom. The van der Waals surface area contributed by atoms with E-state index in [1.165, 1.54) is 6.33 Å². The number of hydrogen-bond donors (Lipinski definition) is 0. The van der Waals surface area contributed by atoms with Gasteiger partial charge in [-0.2, -0.15) is 0 Å². The Morgan fingerprint density at radius 2 is 2.00 bits per heavy atom. The van der Waals surface area contributed by atoms with Gasteiger partial charge in [-0.05, 0) is 18.1 Å². The molecule has 3 rings (SSSR count). The summed E-state index contributed by atoms with van der Waals surface area (Å²) in [6.07, 6.45) is 5.21. The van der Waals surface area contributed by atoms with Crippen molar-refractivity contribution < 1.29 is 9.53 Å². The molecular weight excluding hydrogens is 278 g/mol. The summed E-state index contributed by atoms with van der Waals surface area (Å²) in [7, 11) is 0. The highest BCUT2D eigenvalue weighted by atomic mass is 16.5. The second-order valence-electron chi connectivity index (χ2n) is 5.54. The van der Waals surface area contributed by atoms with Crippen molar-refractivity contribution in [1.29, 1.82) is 0 Å². The maximum Gasteiger partial charge on any atom is 0.227 e. The van der Waals surface area contributed by atoms with Crippen LogP contribution in [0.4, 0.5) is 0 Å². The molecule has 0 aliphatic carbocycles. The second kappa shape index (κ2) is 6.66. The lowest BCUT2D eigenvalue weighted by atomic mass is 10.0. The van der Waals surface area contributed by atoms with Crippen LogP contribution >= 0.6 is 0 Å². The van der Waals surface area contributed by atoms with Gasteiger partial charge in [0.05, 0.1) is 25.2 Å². The molecule has 1 aliphatic rings. The first-order valence-electron chi connectivity index (χ1n) is 7.44. The largest absolute Gasteiger partial charge is 0.374 e. The Balaban J connectivity index is 1.79. The van der Waals surface area contributed by atoms with Crippen molar-refractivity contribution in [3.63, 3.8) is 0 Å². The fraction of sp³-hybridized carbons (Fsp3) is 0.353. The number of nitrogens with zero attached hydrogens (tertiary/aromatic N) is 3. The van der Waals surface area contributed by atoms with Crippen LogP contribution in [0.5, 0.6) is 0 Å². The molecule has 0 spiro atoms. The van der Waals surface area contributed by atoms with Crippen LogP contribution in [0.1, 0.15) is 24.1 Å². The molecule has 22 heavy (non-hydrogen) atoms. The molecule has 5 heteroatoms. The SMILES string of the molecule is C[C@@H]1CN(C(=O)Cc2cncnc2)[C@H](c2ccccc2)CO1. The van der Waals surface area contributed by atoms with Crippen LogP contribution in [-0.4, -0.2) is 40.0 Å². The van der Waals surface area contributed by atoms with E-state index < -0.39 is 0 Å². The van der Waals surface area contributed by atoms with Crippen molar-refractivity contribution in [2.75, 3.05) is 13.2 Å². The molecule has 2 atom stereocenters. The van der Waals surface area contributed by atoms with Crippen molar-refractivity contribution >= 4 is 5.91 Å². The Kier molecular flexibility index (Phi) is 4.44. The van der Waals surface area contributed by atoms with E-state index in [-0.39, 0.29) is 18.1 Å². The van der Waals surface area contributed by atoms with Crippen LogP contribution in [0.3, 0.4) is 0 Å². The Hall–Kier alpha value is -2.27. The third-order valence-electron chi connectivity index (χ3n) is 3.84. The average Bonchev–Trinajstić information content (AvgIpc) is 2.56. The van der Waals surface area contributed by atoms with Gasteiger partial charge in [0.25, 0.3) is 0 Å². The molecule has 0 saturated carbocycles. The van der Waals surface area contributed by atoms with Gasteiger partial charge in [0.15, 0.2) is 0 Å². The minimum absolute atomic E-state index is 0.0328. The summed E-state index contributed by atoms with van der Waals surface area (Å²) in [5, 5.41) is 0. The topological polar surface area (TPSA) is 55.3 Å². The molecule has 1 aromatic heterocycles. The van der Waals surface area contributed by atoms with E-state index in [4.69, 9.17) is 4.74 Å². The molecule has 0 N–H and O–H groups in total. The molecule has 2 heterocycles. The summed E-state index contributed by atoms with van der Waals surface area (Å²) in [5.74, 6) is 0.0822. The summed E-state index contributed by atoms with van der Waals surface area (Å²) < 4.78 is 5.76. The van der Waals surface area contributed by atoms with Crippen molar-refractivity contribution in [3.8, 4) is 0 Å². The van der Waals surface area contributed by atoms with Crippen LogP contribution in [0.25, 0.3) is 0 Å². The monoisotopic (exact) mass is 297 g/mol. The molecular formula is C17H19N3O2. The molecule has 1 saturated heterocycles.